The lowest BCUT2D eigenvalue weighted by molar-refractivity contribution is -0.133. The summed E-state index contributed by atoms with van der Waals surface area (Å²) in [6, 6.07) is 24.9. The number of carbonyl (C=O) groups excluding carboxylic acids is 3. The molecule has 0 aromatic heterocycles. The van der Waals surface area contributed by atoms with Crippen LogP contribution in [-0.2, 0) is 9.59 Å². The van der Waals surface area contributed by atoms with Crippen LogP contribution in [0.4, 0.5) is 22.7 Å². The molecule has 2 N–H and O–H groups in total. The fourth-order valence-electron chi connectivity index (χ4n) is 9.64. The Kier molecular flexibility index (Phi) is 10.6. The average Bonchev–Trinajstić information content (AvgIpc) is 3.54. The van der Waals surface area contributed by atoms with Gasteiger partial charge in [0, 0.05) is 106 Å². The van der Waals surface area contributed by atoms with Crippen LogP contribution < -0.4 is 25.3 Å². The van der Waals surface area contributed by atoms with E-state index < -0.39 is 6.04 Å². The molecule has 0 radical (unpaired) electrons. The molecule has 288 valence electrons. The number of halogens is 1. The molecule has 2 atom stereocenters. The quantitative estimate of drug-likeness (QED) is 0.291. The Hall–Kier alpha value is -4.79. The maximum Gasteiger partial charge on any atom is 0.253 e. The molecule has 5 fully saturated rings. The predicted octanol–water partition coefficient (Wildman–Crippen LogP) is 5.74. The smallest absolute Gasteiger partial charge is 0.253 e. The van der Waals surface area contributed by atoms with E-state index in [2.05, 4.69) is 67.5 Å². The third kappa shape index (κ3) is 7.98. The molecule has 5 heterocycles. The predicted molar refractivity (Wildman–Crippen MR) is 217 cm³/mol. The Bertz CT molecular complexity index is 1940. The Morgan fingerprint density at radius 2 is 1.56 bits per heavy atom. The van der Waals surface area contributed by atoms with Gasteiger partial charge in [0.25, 0.3) is 5.91 Å². The number of piperidine rings is 3. The lowest BCUT2D eigenvalue weighted by Crippen LogP contribution is -2.53. The third-order valence-electron chi connectivity index (χ3n) is 12.8. The lowest BCUT2D eigenvalue weighted by atomic mass is 9.76. The first-order valence-corrected chi connectivity index (χ1v) is 20.3. The van der Waals surface area contributed by atoms with E-state index in [0.717, 1.165) is 114 Å². The summed E-state index contributed by atoms with van der Waals surface area (Å²) < 4.78 is 0. The van der Waals surface area contributed by atoms with Gasteiger partial charge in [-0.15, -0.1) is 0 Å². The highest BCUT2D eigenvalue weighted by Gasteiger charge is 2.44. The number of piperazine rings is 1. The fraction of sp³-hybridized carbons (Fsp3) is 0.488. The molecule has 3 amide bonds. The number of carbonyl (C=O) groups is 3. The van der Waals surface area contributed by atoms with Crippen LogP contribution in [0.5, 0.6) is 0 Å². The number of likely N-dealkylation sites (tertiary alicyclic amines) is 1. The second kappa shape index (κ2) is 15.8. The zero-order valence-corrected chi connectivity index (χ0v) is 32.4. The molecule has 11 nitrogen and oxygen atoms in total. The second-order valence-corrected chi connectivity index (χ2v) is 16.6. The number of hydrogen-bond acceptors (Lipinski definition) is 9. The van der Waals surface area contributed by atoms with E-state index in [1.165, 1.54) is 5.69 Å². The number of nitrogens with one attached hydrogen (secondary N) is 2. The van der Waals surface area contributed by atoms with E-state index in [-0.39, 0.29) is 23.1 Å². The zero-order valence-electron chi connectivity index (χ0n) is 31.7. The van der Waals surface area contributed by atoms with E-state index in [4.69, 9.17) is 11.6 Å². The van der Waals surface area contributed by atoms with Crippen molar-refractivity contribution in [1.29, 1.82) is 5.26 Å². The van der Waals surface area contributed by atoms with Crippen molar-refractivity contribution in [1.82, 2.24) is 15.1 Å². The topological polar surface area (TPSA) is 115 Å². The molecule has 5 saturated heterocycles. The monoisotopic (exact) mass is 762 g/mol. The minimum Gasteiger partial charge on any atom is -0.374 e. The summed E-state index contributed by atoms with van der Waals surface area (Å²) in [5.41, 5.74) is 5.86. The van der Waals surface area contributed by atoms with Crippen LogP contribution in [0.15, 0.2) is 66.7 Å². The molecule has 5 aliphatic rings. The highest BCUT2D eigenvalue weighted by Crippen LogP contribution is 2.46. The molecule has 0 bridgehead atoms. The molecule has 0 aliphatic carbocycles. The van der Waals surface area contributed by atoms with Crippen molar-refractivity contribution in [3.8, 4) is 6.07 Å². The first-order valence-electron chi connectivity index (χ1n) is 20.0. The summed E-state index contributed by atoms with van der Waals surface area (Å²) in [5.74, 6) is -0.341. The van der Waals surface area contributed by atoms with Gasteiger partial charge < -0.3 is 24.9 Å². The van der Waals surface area contributed by atoms with Gasteiger partial charge in [0.05, 0.1) is 10.6 Å². The van der Waals surface area contributed by atoms with E-state index in [9.17, 15) is 19.6 Å². The summed E-state index contributed by atoms with van der Waals surface area (Å²) in [6.07, 6.45) is 6.23. The highest BCUT2D eigenvalue weighted by molar-refractivity contribution is 6.32. The summed E-state index contributed by atoms with van der Waals surface area (Å²) in [6.45, 7) is 10.7. The first-order chi connectivity index (χ1) is 26.7. The van der Waals surface area contributed by atoms with Gasteiger partial charge in [0.15, 0.2) is 0 Å². The molecule has 12 heteroatoms. The summed E-state index contributed by atoms with van der Waals surface area (Å²) in [4.78, 5) is 49.3. The maximum absolute atomic E-state index is 13.6. The molecular formula is C43H51ClN8O3. The number of anilines is 4. The minimum atomic E-state index is -0.395. The van der Waals surface area contributed by atoms with E-state index >= 15 is 0 Å². The van der Waals surface area contributed by atoms with Crippen molar-refractivity contribution >= 4 is 52.1 Å². The summed E-state index contributed by atoms with van der Waals surface area (Å²) in [7, 11) is 0. The van der Waals surface area contributed by atoms with Crippen molar-refractivity contribution in [2.24, 2.45) is 5.41 Å². The van der Waals surface area contributed by atoms with Crippen molar-refractivity contribution < 1.29 is 14.4 Å². The van der Waals surface area contributed by atoms with Crippen molar-refractivity contribution in [2.45, 2.75) is 70.0 Å². The summed E-state index contributed by atoms with van der Waals surface area (Å²) >= 11 is 6.38. The van der Waals surface area contributed by atoms with Crippen LogP contribution >= 0.6 is 11.6 Å². The number of rotatable bonds is 7. The number of amides is 3. The standard InChI is InChI=1S/C43H51ClN8O3/c1-30-27-43(29-52(30)37-10-7-32(28-45)38(44)26-37)15-19-48(20-16-43)34-8-5-31(6-9-34)42(55)51-17-13-35(14-18-51)49-21-23-50(24-22-49)36-4-2-3-33(25-36)46-39-11-12-40(53)47-41(39)54/h2-10,25-26,30,35,39,46H,11-24,27,29H2,1H3,(H,47,53,54)/t30-,39+/m0/s1. The van der Waals surface area contributed by atoms with Crippen molar-refractivity contribution in [2.75, 3.05) is 78.9 Å². The minimum absolute atomic E-state index is 0.126. The molecule has 55 heavy (non-hydrogen) atoms. The van der Waals surface area contributed by atoms with Crippen LogP contribution in [-0.4, -0.2) is 105 Å². The van der Waals surface area contributed by atoms with Crippen LogP contribution in [0.2, 0.25) is 5.02 Å². The number of nitrogens with zero attached hydrogens (tertiary/aromatic N) is 6. The fourth-order valence-corrected chi connectivity index (χ4v) is 9.86. The number of imide groups is 1. The highest BCUT2D eigenvalue weighted by atomic mass is 35.5. The van der Waals surface area contributed by atoms with Crippen molar-refractivity contribution in [3.63, 3.8) is 0 Å². The van der Waals surface area contributed by atoms with Gasteiger partial charge in [-0.3, -0.25) is 24.6 Å². The number of hydrogen-bond donors (Lipinski definition) is 2. The third-order valence-corrected chi connectivity index (χ3v) is 13.2. The Labute approximate surface area is 329 Å². The van der Waals surface area contributed by atoms with E-state index in [1.807, 2.05) is 47.4 Å². The Morgan fingerprint density at radius 3 is 2.25 bits per heavy atom. The van der Waals surface area contributed by atoms with E-state index in [0.29, 0.717) is 35.5 Å². The first kappa shape index (κ1) is 37.1. The molecular weight excluding hydrogens is 712 g/mol. The summed E-state index contributed by atoms with van der Waals surface area (Å²) in [5, 5.41) is 15.5. The van der Waals surface area contributed by atoms with Crippen LogP contribution in [0.1, 0.15) is 67.8 Å². The molecule has 8 rings (SSSR count). The molecule has 0 saturated carbocycles. The number of nitriles is 1. The second-order valence-electron chi connectivity index (χ2n) is 16.2. The van der Waals surface area contributed by atoms with Gasteiger partial charge in [-0.1, -0.05) is 17.7 Å². The van der Waals surface area contributed by atoms with Gasteiger partial charge in [-0.2, -0.15) is 5.26 Å². The average molecular weight is 763 g/mol. The molecule has 5 aliphatic heterocycles. The van der Waals surface area contributed by atoms with Gasteiger partial charge in [-0.25, -0.2) is 0 Å². The van der Waals surface area contributed by atoms with Crippen LogP contribution in [0, 0.1) is 16.7 Å². The van der Waals surface area contributed by atoms with Gasteiger partial charge >= 0.3 is 0 Å². The van der Waals surface area contributed by atoms with Gasteiger partial charge in [-0.05, 0) is 112 Å². The lowest BCUT2D eigenvalue weighted by Gasteiger charge is -2.43. The molecule has 0 unspecified atom stereocenters. The normalized spacial score (nSPS) is 23.5. The van der Waals surface area contributed by atoms with E-state index in [1.54, 1.807) is 0 Å². The molecule has 3 aromatic carbocycles. The van der Waals surface area contributed by atoms with Crippen LogP contribution in [0.25, 0.3) is 0 Å². The Balaban J connectivity index is 0.781. The van der Waals surface area contributed by atoms with Gasteiger partial charge in [0.1, 0.15) is 12.1 Å². The van der Waals surface area contributed by atoms with Crippen LogP contribution in [0.3, 0.4) is 0 Å². The zero-order chi connectivity index (χ0) is 38.1. The van der Waals surface area contributed by atoms with Gasteiger partial charge in [0.2, 0.25) is 11.8 Å². The van der Waals surface area contributed by atoms with Crippen molar-refractivity contribution in [3.05, 3.63) is 82.9 Å². The molecule has 3 aromatic rings. The number of benzene rings is 3. The SMILES string of the molecule is C[C@H]1CC2(CCN(c3ccc(C(=O)N4CCC(N5CCN(c6cccc(N[C@@H]7CCC(=O)NC7=O)c6)CC5)CC4)cc3)CC2)CN1c1ccc(C#N)c(Cl)c1. The Morgan fingerprint density at radius 1 is 0.855 bits per heavy atom. The molecule has 1 spiro atoms. The maximum atomic E-state index is 13.6. The largest absolute Gasteiger partial charge is 0.374 e.